The molecular weight excluding hydrogens is 160 g/mol. The maximum atomic E-state index is 5.08. The van der Waals surface area contributed by atoms with E-state index in [-0.39, 0.29) is 0 Å². The Bertz CT molecular complexity index is 272. The predicted octanol–water partition coefficient (Wildman–Crippen LogP) is 3.20. The van der Waals surface area contributed by atoms with E-state index in [1.807, 2.05) is 12.1 Å². The number of ether oxygens (including phenoxy) is 1. The fourth-order valence-corrected chi connectivity index (χ4v) is 1.16. The van der Waals surface area contributed by atoms with Crippen LogP contribution in [0.1, 0.15) is 18.9 Å². The second-order valence-corrected chi connectivity index (χ2v) is 3.13. The first-order valence-electron chi connectivity index (χ1n) is 4.56. The molecule has 0 radical (unpaired) electrons. The van der Waals surface area contributed by atoms with Crippen molar-refractivity contribution < 1.29 is 4.74 Å². The van der Waals surface area contributed by atoms with Crippen LogP contribution >= 0.6 is 0 Å². The molecule has 0 aliphatic heterocycles. The van der Waals surface area contributed by atoms with Gasteiger partial charge in [-0.3, -0.25) is 0 Å². The number of benzene rings is 1. The molecule has 0 N–H and O–H groups in total. The fourth-order valence-electron chi connectivity index (χ4n) is 1.16. The molecule has 13 heavy (non-hydrogen) atoms. The van der Waals surface area contributed by atoms with E-state index in [4.69, 9.17) is 4.74 Å². The monoisotopic (exact) mass is 176 g/mol. The van der Waals surface area contributed by atoms with Crippen molar-refractivity contribution in [2.45, 2.75) is 19.8 Å². The van der Waals surface area contributed by atoms with Gasteiger partial charge in [0.2, 0.25) is 0 Å². The second kappa shape index (κ2) is 4.70. The highest BCUT2D eigenvalue weighted by Gasteiger charge is 1.95. The highest BCUT2D eigenvalue weighted by molar-refractivity contribution is 5.29. The lowest BCUT2D eigenvalue weighted by Gasteiger charge is -2.04. The second-order valence-electron chi connectivity index (χ2n) is 3.13. The Kier molecular flexibility index (Phi) is 3.56. The molecular formula is C12H16O. The summed E-state index contributed by atoms with van der Waals surface area (Å²) >= 11 is 0. The van der Waals surface area contributed by atoms with Crippen LogP contribution in [0.25, 0.3) is 0 Å². The Hall–Kier alpha value is -1.24. The standard InChI is InChI=1S/C12H16O/c1-4-10(2)9-11-5-7-12(13-3)8-6-11/h5-8H,2,4,9H2,1,3H3. The lowest BCUT2D eigenvalue weighted by atomic mass is 10.0. The van der Waals surface area contributed by atoms with Crippen molar-refractivity contribution in [2.75, 3.05) is 7.11 Å². The van der Waals surface area contributed by atoms with E-state index < -0.39 is 0 Å². The van der Waals surface area contributed by atoms with Gasteiger partial charge in [-0.25, -0.2) is 0 Å². The number of allylic oxidation sites excluding steroid dienone is 1. The van der Waals surface area contributed by atoms with Crippen molar-refractivity contribution in [3.05, 3.63) is 42.0 Å². The Morgan fingerprint density at radius 3 is 2.38 bits per heavy atom. The third-order valence-electron chi connectivity index (χ3n) is 2.11. The molecule has 0 saturated carbocycles. The predicted molar refractivity (Wildman–Crippen MR) is 56.1 cm³/mol. The molecule has 0 saturated heterocycles. The molecule has 0 amide bonds. The maximum absolute atomic E-state index is 5.08. The Balaban J connectivity index is 2.64. The minimum atomic E-state index is 0.908. The van der Waals surface area contributed by atoms with Crippen LogP contribution in [-0.2, 0) is 6.42 Å². The summed E-state index contributed by atoms with van der Waals surface area (Å²) in [7, 11) is 1.68. The highest BCUT2D eigenvalue weighted by atomic mass is 16.5. The van der Waals surface area contributed by atoms with E-state index in [2.05, 4.69) is 25.6 Å². The lowest BCUT2D eigenvalue weighted by Crippen LogP contribution is -1.88. The first-order valence-corrected chi connectivity index (χ1v) is 4.56. The molecule has 0 aliphatic rings. The largest absolute Gasteiger partial charge is 0.497 e. The van der Waals surface area contributed by atoms with Gasteiger partial charge < -0.3 is 4.74 Å². The summed E-state index contributed by atoms with van der Waals surface area (Å²) < 4.78 is 5.08. The summed E-state index contributed by atoms with van der Waals surface area (Å²) in [5, 5.41) is 0. The molecule has 1 nitrogen and oxygen atoms in total. The minimum absolute atomic E-state index is 0.908. The van der Waals surface area contributed by atoms with Crippen molar-refractivity contribution in [2.24, 2.45) is 0 Å². The van der Waals surface area contributed by atoms with E-state index in [1.165, 1.54) is 11.1 Å². The first-order chi connectivity index (χ1) is 6.26. The van der Waals surface area contributed by atoms with Crippen LogP contribution in [0.3, 0.4) is 0 Å². The van der Waals surface area contributed by atoms with E-state index in [1.54, 1.807) is 7.11 Å². The number of methoxy groups -OCH3 is 1. The number of rotatable bonds is 4. The lowest BCUT2D eigenvalue weighted by molar-refractivity contribution is 0.414. The zero-order chi connectivity index (χ0) is 9.68. The molecule has 0 spiro atoms. The third kappa shape index (κ3) is 2.94. The van der Waals surface area contributed by atoms with Crippen LogP contribution in [0.4, 0.5) is 0 Å². The quantitative estimate of drug-likeness (QED) is 0.640. The van der Waals surface area contributed by atoms with Crippen LogP contribution in [0.2, 0.25) is 0 Å². The van der Waals surface area contributed by atoms with Gasteiger partial charge in [0.25, 0.3) is 0 Å². The third-order valence-corrected chi connectivity index (χ3v) is 2.11. The van der Waals surface area contributed by atoms with Gasteiger partial charge in [-0.05, 0) is 30.5 Å². The molecule has 1 rings (SSSR count). The molecule has 0 unspecified atom stereocenters. The molecule has 1 aromatic rings. The van der Waals surface area contributed by atoms with Crippen LogP contribution in [0.15, 0.2) is 36.4 Å². The van der Waals surface area contributed by atoms with E-state index in [0.717, 1.165) is 18.6 Å². The van der Waals surface area contributed by atoms with Gasteiger partial charge in [0.1, 0.15) is 5.75 Å². The van der Waals surface area contributed by atoms with E-state index >= 15 is 0 Å². The van der Waals surface area contributed by atoms with E-state index in [9.17, 15) is 0 Å². The van der Waals surface area contributed by atoms with E-state index in [0.29, 0.717) is 0 Å². The zero-order valence-electron chi connectivity index (χ0n) is 8.34. The van der Waals surface area contributed by atoms with Crippen LogP contribution in [0, 0.1) is 0 Å². The molecule has 70 valence electrons. The van der Waals surface area contributed by atoms with Crippen LogP contribution in [-0.4, -0.2) is 7.11 Å². The maximum Gasteiger partial charge on any atom is 0.118 e. The van der Waals surface area contributed by atoms with Gasteiger partial charge in [-0.1, -0.05) is 31.2 Å². The molecule has 0 bridgehead atoms. The van der Waals surface area contributed by atoms with Gasteiger partial charge in [-0.2, -0.15) is 0 Å². The average Bonchev–Trinajstić information content (AvgIpc) is 2.19. The normalized spacial score (nSPS) is 9.69. The van der Waals surface area contributed by atoms with Gasteiger partial charge in [0.05, 0.1) is 7.11 Å². The summed E-state index contributed by atoms with van der Waals surface area (Å²) in [5.41, 5.74) is 2.57. The average molecular weight is 176 g/mol. The van der Waals surface area contributed by atoms with Gasteiger partial charge in [0, 0.05) is 0 Å². The van der Waals surface area contributed by atoms with Gasteiger partial charge >= 0.3 is 0 Å². The Labute approximate surface area is 80.0 Å². The summed E-state index contributed by atoms with van der Waals surface area (Å²) in [6.45, 7) is 6.11. The Morgan fingerprint density at radius 2 is 1.92 bits per heavy atom. The van der Waals surface area contributed by atoms with Crippen LogP contribution < -0.4 is 4.74 Å². The Morgan fingerprint density at radius 1 is 1.31 bits per heavy atom. The zero-order valence-corrected chi connectivity index (χ0v) is 8.34. The number of hydrogen-bond acceptors (Lipinski definition) is 1. The molecule has 0 fully saturated rings. The van der Waals surface area contributed by atoms with Crippen molar-refractivity contribution in [1.82, 2.24) is 0 Å². The summed E-state index contributed by atoms with van der Waals surface area (Å²) in [4.78, 5) is 0. The topological polar surface area (TPSA) is 9.23 Å². The summed E-state index contributed by atoms with van der Waals surface area (Å²) in [6, 6.07) is 8.13. The SMILES string of the molecule is C=C(CC)Cc1ccc(OC)cc1. The van der Waals surface area contributed by atoms with Crippen LogP contribution in [0.5, 0.6) is 5.75 Å². The van der Waals surface area contributed by atoms with Crippen molar-refractivity contribution in [1.29, 1.82) is 0 Å². The summed E-state index contributed by atoms with van der Waals surface area (Å²) in [5.74, 6) is 0.908. The molecule has 0 aromatic heterocycles. The summed E-state index contributed by atoms with van der Waals surface area (Å²) in [6.07, 6.45) is 2.02. The highest BCUT2D eigenvalue weighted by Crippen LogP contribution is 2.14. The minimum Gasteiger partial charge on any atom is -0.497 e. The van der Waals surface area contributed by atoms with Crippen molar-refractivity contribution >= 4 is 0 Å². The molecule has 1 heteroatoms. The smallest absolute Gasteiger partial charge is 0.118 e. The van der Waals surface area contributed by atoms with Crippen molar-refractivity contribution in [3.63, 3.8) is 0 Å². The molecule has 0 aliphatic carbocycles. The molecule has 0 heterocycles. The molecule has 0 atom stereocenters. The number of hydrogen-bond donors (Lipinski definition) is 0. The van der Waals surface area contributed by atoms with Gasteiger partial charge in [0.15, 0.2) is 0 Å². The van der Waals surface area contributed by atoms with Crippen molar-refractivity contribution in [3.8, 4) is 5.75 Å². The fraction of sp³-hybridized carbons (Fsp3) is 0.333. The van der Waals surface area contributed by atoms with Gasteiger partial charge in [-0.15, -0.1) is 0 Å². The first kappa shape index (κ1) is 9.85. The molecule has 1 aromatic carbocycles.